The van der Waals surface area contributed by atoms with Gasteiger partial charge in [0.1, 0.15) is 23.1 Å². The molecule has 18 heavy (non-hydrogen) atoms. The number of benzene rings is 1. The van der Waals surface area contributed by atoms with Crippen LogP contribution in [0.3, 0.4) is 0 Å². The van der Waals surface area contributed by atoms with Gasteiger partial charge in [0.05, 0.1) is 7.11 Å². The molecule has 2 rings (SSSR count). The molecule has 1 heterocycles. The Balaban J connectivity index is 2.12. The molecule has 2 N–H and O–H groups in total. The first kappa shape index (κ1) is 12.9. The maximum absolute atomic E-state index is 5.79. The molecular formula is C13H16N2O2S. The van der Waals surface area contributed by atoms with Gasteiger partial charge in [-0.05, 0) is 24.6 Å². The highest BCUT2D eigenvalue weighted by Crippen LogP contribution is 2.26. The fourth-order valence-electron chi connectivity index (χ4n) is 1.62. The lowest BCUT2D eigenvalue weighted by Crippen LogP contribution is -2.05. The third-order valence-corrected chi connectivity index (χ3v) is 3.28. The first-order valence-corrected chi connectivity index (χ1v) is 6.59. The van der Waals surface area contributed by atoms with Crippen LogP contribution in [0.5, 0.6) is 11.5 Å². The van der Waals surface area contributed by atoms with Crippen LogP contribution in [-0.2, 0) is 13.0 Å². The molecule has 0 spiro atoms. The van der Waals surface area contributed by atoms with Gasteiger partial charge < -0.3 is 15.2 Å². The number of thiazole rings is 1. The van der Waals surface area contributed by atoms with E-state index in [1.54, 1.807) is 24.6 Å². The summed E-state index contributed by atoms with van der Waals surface area (Å²) in [6, 6.07) is 5.79. The van der Waals surface area contributed by atoms with Crippen LogP contribution >= 0.6 is 11.3 Å². The fourth-order valence-corrected chi connectivity index (χ4v) is 2.15. The molecule has 0 amide bonds. The predicted octanol–water partition coefficient (Wildman–Crippen LogP) is 2.23. The number of ether oxygens (including phenoxy) is 2. The Morgan fingerprint density at radius 1 is 1.39 bits per heavy atom. The SMILES string of the molecule is COc1ccc(CCN)c(OCc2nccs2)c1. The van der Waals surface area contributed by atoms with Gasteiger partial charge in [-0.1, -0.05) is 6.07 Å². The number of methoxy groups -OCH3 is 1. The molecule has 96 valence electrons. The summed E-state index contributed by atoms with van der Waals surface area (Å²) < 4.78 is 11.0. The molecule has 4 nitrogen and oxygen atoms in total. The highest BCUT2D eigenvalue weighted by Gasteiger charge is 2.06. The summed E-state index contributed by atoms with van der Waals surface area (Å²) in [6.45, 7) is 1.07. The molecule has 0 bridgehead atoms. The minimum absolute atomic E-state index is 0.475. The quantitative estimate of drug-likeness (QED) is 0.869. The fraction of sp³-hybridized carbons (Fsp3) is 0.308. The molecule has 1 aromatic heterocycles. The molecule has 5 heteroatoms. The van der Waals surface area contributed by atoms with Crippen molar-refractivity contribution in [1.29, 1.82) is 0 Å². The maximum atomic E-state index is 5.79. The zero-order valence-electron chi connectivity index (χ0n) is 10.3. The van der Waals surface area contributed by atoms with Crippen molar-refractivity contribution in [2.45, 2.75) is 13.0 Å². The number of rotatable bonds is 6. The Kier molecular flexibility index (Phi) is 4.55. The van der Waals surface area contributed by atoms with Gasteiger partial charge in [0.2, 0.25) is 0 Å². The van der Waals surface area contributed by atoms with Crippen LogP contribution in [0, 0.1) is 0 Å². The van der Waals surface area contributed by atoms with E-state index in [0.717, 1.165) is 28.5 Å². The van der Waals surface area contributed by atoms with E-state index in [-0.39, 0.29) is 0 Å². The van der Waals surface area contributed by atoms with E-state index >= 15 is 0 Å². The zero-order chi connectivity index (χ0) is 12.8. The van der Waals surface area contributed by atoms with E-state index in [0.29, 0.717) is 13.2 Å². The first-order valence-electron chi connectivity index (χ1n) is 5.71. The van der Waals surface area contributed by atoms with Crippen LogP contribution in [0.15, 0.2) is 29.8 Å². The van der Waals surface area contributed by atoms with Crippen molar-refractivity contribution in [2.24, 2.45) is 5.73 Å². The normalized spacial score (nSPS) is 10.3. The molecular weight excluding hydrogens is 248 g/mol. The van der Waals surface area contributed by atoms with Crippen LogP contribution in [0.1, 0.15) is 10.6 Å². The van der Waals surface area contributed by atoms with Crippen LogP contribution in [0.4, 0.5) is 0 Å². The van der Waals surface area contributed by atoms with Crippen molar-refractivity contribution >= 4 is 11.3 Å². The zero-order valence-corrected chi connectivity index (χ0v) is 11.1. The minimum atomic E-state index is 0.475. The average Bonchev–Trinajstić information content (AvgIpc) is 2.91. The molecule has 0 aliphatic heterocycles. The summed E-state index contributed by atoms with van der Waals surface area (Å²) >= 11 is 1.58. The molecule has 0 aliphatic rings. The van der Waals surface area contributed by atoms with Gasteiger partial charge in [0, 0.05) is 17.6 Å². The van der Waals surface area contributed by atoms with E-state index < -0.39 is 0 Å². The Bertz CT molecular complexity index is 486. The second-order valence-corrected chi connectivity index (χ2v) is 4.71. The van der Waals surface area contributed by atoms with Crippen molar-refractivity contribution in [1.82, 2.24) is 4.98 Å². The molecule has 0 radical (unpaired) electrons. The Morgan fingerprint density at radius 2 is 2.28 bits per heavy atom. The Labute approximate surface area is 110 Å². The highest BCUT2D eigenvalue weighted by atomic mass is 32.1. The van der Waals surface area contributed by atoms with Gasteiger partial charge in [0.15, 0.2) is 0 Å². The van der Waals surface area contributed by atoms with E-state index in [1.807, 2.05) is 23.6 Å². The third-order valence-electron chi connectivity index (χ3n) is 2.52. The lowest BCUT2D eigenvalue weighted by Gasteiger charge is -2.11. The summed E-state index contributed by atoms with van der Waals surface area (Å²) in [5, 5.41) is 2.89. The monoisotopic (exact) mass is 264 g/mol. The van der Waals surface area contributed by atoms with Crippen molar-refractivity contribution in [2.75, 3.05) is 13.7 Å². The van der Waals surface area contributed by atoms with E-state index in [1.165, 1.54) is 0 Å². The summed E-state index contributed by atoms with van der Waals surface area (Å²) in [4.78, 5) is 4.19. The smallest absolute Gasteiger partial charge is 0.140 e. The third kappa shape index (κ3) is 3.21. The van der Waals surface area contributed by atoms with Crippen molar-refractivity contribution in [3.63, 3.8) is 0 Å². The number of hydrogen-bond donors (Lipinski definition) is 1. The molecule has 0 saturated carbocycles. The van der Waals surface area contributed by atoms with Gasteiger partial charge in [-0.2, -0.15) is 0 Å². The van der Waals surface area contributed by atoms with Crippen molar-refractivity contribution in [3.8, 4) is 11.5 Å². The van der Waals surface area contributed by atoms with E-state index in [9.17, 15) is 0 Å². The van der Waals surface area contributed by atoms with Crippen LogP contribution in [0.2, 0.25) is 0 Å². The lowest BCUT2D eigenvalue weighted by molar-refractivity contribution is 0.300. The second-order valence-electron chi connectivity index (χ2n) is 3.73. The van der Waals surface area contributed by atoms with Crippen molar-refractivity contribution in [3.05, 3.63) is 40.3 Å². The largest absolute Gasteiger partial charge is 0.497 e. The minimum Gasteiger partial charge on any atom is -0.497 e. The molecule has 0 saturated heterocycles. The van der Waals surface area contributed by atoms with Crippen molar-refractivity contribution < 1.29 is 9.47 Å². The topological polar surface area (TPSA) is 57.4 Å². The Morgan fingerprint density at radius 3 is 2.94 bits per heavy atom. The number of hydrogen-bond acceptors (Lipinski definition) is 5. The average molecular weight is 264 g/mol. The predicted molar refractivity (Wildman–Crippen MR) is 72.2 cm³/mol. The maximum Gasteiger partial charge on any atom is 0.140 e. The standard InChI is InChI=1S/C13H16N2O2S/c1-16-11-3-2-10(4-5-14)12(8-11)17-9-13-15-6-7-18-13/h2-3,6-8H,4-5,9,14H2,1H3. The number of nitrogens with zero attached hydrogens (tertiary/aromatic N) is 1. The van der Waals surface area contributed by atoms with Gasteiger partial charge >= 0.3 is 0 Å². The van der Waals surface area contributed by atoms with Gasteiger partial charge in [-0.15, -0.1) is 11.3 Å². The van der Waals surface area contributed by atoms with Gasteiger partial charge in [0.25, 0.3) is 0 Å². The Hall–Kier alpha value is -1.59. The molecule has 1 aromatic carbocycles. The molecule has 2 aromatic rings. The second kappa shape index (κ2) is 6.37. The molecule has 0 aliphatic carbocycles. The van der Waals surface area contributed by atoms with Gasteiger partial charge in [-0.3, -0.25) is 0 Å². The van der Waals surface area contributed by atoms with Crippen LogP contribution in [-0.4, -0.2) is 18.6 Å². The van der Waals surface area contributed by atoms with E-state index in [4.69, 9.17) is 15.2 Å². The van der Waals surface area contributed by atoms with Crippen LogP contribution in [0.25, 0.3) is 0 Å². The number of nitrogens with two attached hydrogens (primary N) is 1. The van der Waals surface area contributed by atoms with Crippen LogP contribution < -0.4 is 15.2 Å². The first-order chi connectivity index (χ1) is 8.83. The summed E-state index contributed by atoms with van der Waals surface area (Å²) in [5.41, 5.74) is 6.69. The molecule has 0 atom stereocenters. The van der Waals surface area contributed by atoms with Gasteiger partial charge in [-0.25, -0.2) is 4.98 Å². The summed E-state index contributed by atoms with van der Waals surface area (Å²) in [6.07, 6.45) is 2.56. The summed E-state index contributed by atoms with van der Waals surface area (Å²) in [5.74, 6) is 1.60. The lowest BCUT2D eigenvalue weighted by atomic mass is 10.1. The van der Waals surface area contributed by atoms with E-state index in [2.05, 4.69) is 4.98 Å². The number of aromatic nitrogens is 1. The molecule has 0 fully saturated rings. The highest BCUT2D eigenvalue weighted by molar-refractivity contribution is 7.09. The summed E-state index contributed by atoms with van der Waals surface area (Å²) in [7, 11) is 1.64. The molecule has 0 unspecified atom stereocenters.